The monoisotopic (exact) mass is 776 g/mol. The Kier molecular flexibility index (Phi) is 42.2. The van der Waals surface area contributed by atoms with Gasteiger partial charge in [-0.15, -0.1) is 0 Å². The molecular formula is C49H93NO5. The number of ether oxygens (including phenoxy) is 1. The molecule has 0 aromatic heterocycles. The summed E-state index contributed by atoms with van der Waals surface area (Å²) in [5.41, 5.74) is 0. The number of aliphatic hydroxyl groups excluding tert-OH is 2. The van der Waals surface area contributed by atoms with Gasteiger partial charge in [-0.2, -0.15) is 0 Å². The number of allylic oxidation sites excluding steroid dienone is 4. The minimum absolute atomic E-state index is 0.0602. The third-order valence-corrected chi connectivity index (χ3v) is 11.0. The number of rotatable bonds is 43. The van der Waals surface area contributed by atoms with Crippen LogP contribution in [0.15, 0.2) is 24.3 Å². The number of nitrogens with one attached hydrogen (secondary N) is 1. The Bertz CT molecular complexity index is 873. The van der Waals surface area contributed by atoms with Crippen molar-refractivity contribution < 1.29 is 24.5 Å². The first-order valence-corrected chi connectivity index (χ1v) is 24.1. The Hall–Kier alpha value is -1.66. The number of aliphatic hydroxyl groups is 2. The van der Waals surface area contributed by atoms with Gasteiger partial charge in [0.25, 0.3) is 0 Å². The molecule has 0 fully saturated rings. The molecule has 3 unspecified atom stereocenters. The quantitative estimate of drug-likeness (QED) is 0.0326. The van der Waals surface area contributed by atoms with Crippen LogP contribution in [0.4, 0.5) is 0 Å². The highest BCUT2D eigenvalue weighted by molar-refractivity contribution is 5.77. The predicted molar refractivity (Wildman–Crippen MR) is 236 cm³/mol. The SMILES string of the molecule is CCCCCCCC/C=C\C/C=C/CCC(=O)OC(CCCCCCCCCCCCCC)CC(=O)NC(CO)C(O)CCCCCCCCCCCCC. The van der Waals surface area contributed by atoms with Gasteiger partial charge in [-0.1, -0.05) is 218 Å². The molecule has 0 aromatic carbocycles. The van der Waals surface area contributed by atoms with Crippen molar-refractivity contribution in [2.75, 3.05) is 6.61 Å². The minimum Gasteiger partial charge on any atom is -0.462 e. The standard InChI is InChI=1S/C49H93NO5/c1-4-7-10-13-16-19-22-24-27-30-33-36-39-42-49(54)55-45(40-37-34-31-28-26-23-20-17-14-11-8-5-2)43-48(53)50-46(44-51)47(52)41-38-35-32-29-25-21-18-15-12-9-6-3/h24,27,33,36,45-47,51-52H,4-23,25-26,28-32,34-35,37-44H2,1-3H3,(H,50,53)/b27-24-,36-33+. The fourth-order valence-corrected chi connectivity index (χ4v) is 7.37. The van der Waals surface area contributed by atoms with E-state index in [0.717, 1.165) is 44.9 Å². The summed E-state index contributed by atoms with van der Waals surface area (Å²) in [4.78, 5) is 26.0. The van der Waals surface area contributed by atoms with Crippen molar-refractivity contribution in [3.63, 3.8) is 0 Å². The van der Waals surface area contributed by atoms with Gasteiger partial charge in [0.05, 0.1) is 25.2 Å². The molecule has 6 heteroatoms. The van der Waals surface area contributed by atoms with E-state index in [0.29, 0.717) is 25.7 Å². The molecule has 3 N–H and O–H groups in total. The van der Waals surface area contributed by atoms with E-state index in [1.807, 2.05) is 6.08 Å². The van der Waals surface area contributed by atoms with E-state index in [1.165, 1.54) is 154 Å². The number of amides is 1. The summed E-state index contributed by atoms with van der Waals surface area (Å²) in [6.45, 7) is 6.45. The molecule has 0 aliphatic rings. The summed E-state index contributed by atoms with van der Waals surface area (Å²) in [6, 6.07) is -0.705. The van der Waals surface area contributed by atoms with Crippen LogP contribution in [0, 0.1) is 0 Å². The molecular weight excluding hydrogens is 683 g/mol. The Morgan fingerprint density at radius 2 is 0.927 bits per heavy atom. The van der Waals surface area contributed by atoms with Gasteiger partial charge in [0.15, 0.2) is 0 Å². The largest absolute Gasteiger partial charge is 0.462 e. The minimum atomic E-state index is -0.790. The van der Waals surface area contributed by atoms with Gasteiger partial charge in [0.1, 0.15) is 6.10 Å². The molecule has 6 nitrogen and oxygen atoms in total. The molecule has 0 aliphatic carbocycles. The summed E-state index contributed by atoms with van der Waals surface area (Å²) in [6.07, 6.45) is 48.1. The molecule has 0 bridgehead atoms. The van der Waals surface area contributed by atoms with Crippen LogP contribution in [0.25, 0.3) is 0 Å². The van der Waals surface area contributed by atoms with Crippen molar-refractivity contribution in [1.29, 1.82) is 0 Å². The number of carbonyl (C=O) groups is 2. The topological polar surface area (TPSA) is 95.9 Å². The fraction of sp³-hybridized carbons (Fsp3) is 0.878. The summed E-state index contributed by atoms with van der Waals surface area (Å²) in [7, 11) is 0. The van der Waals surface area contributed by atoms with Crippen LogP contribution in [0.1, 0.15) is 252 Å². The average Bonchev–Trinajstić information content (AvgIpc) is 3.18. The molecule has 55 heavy (non-hydrogen) atoms. The second kappa shape index (κ2) is 43.5. The normalized spacial score (nSPS) is 13.5. The third kappa shape index (κ3) is 39.0. The first kappa shape index (κ1) is 53.3. The highest BCUT2D eigenvalue weighted by Crippen LogP contribution is 2.17. The summed E-state index contributed by atoms with van der Waals surface area (Å²) in [5.74, 6) is -0.545. The molecule has 0 aliphatic heterocycles. The zero-order chi connectivity index (χ0) is 40.3. The number of hydrogen-bond donors (Lipinski definition) is 3. The molecule has 0 aromatic rings. The number of unbranched alkanes of at least 4 members (excludes halogenated alkanes) is 27. The van der Waals surface area contributed by atoms with Gasteiger partial charge in [-0.3, -0.25) is 9.59 Å². The summed E-state index contributed by atoms with van der Waals surface area (Å²) >= 11 is 0. The van der Waals surface area contributed by atoms with E-state index >= 15 is 0 Å². The maximum Gasteiger partial charge on any atom is 0.306 e. The molecule has 3 atom stereocenters. The lowest BCUT2D eigenvalue weighted by Gasteiger charge is -2.24. The van der Waals surface area contributed by atoms with E-state index in [-0.39, 0.29) is 24.9 Å². The second-order valence-electron chi connectivity index (χ2n) is 16.5. The van der Waals surface area contributed by atoms with Crippen molar-refractivity contribution in [1.82, 2.24) is 5.32 Å². The van der Waals surface area contributed by atoms with Gasteiger partial charge in [0.2, 0.25) is 5.91 Å². The Morgan fingerprint density at radius 1 is 0.527 bits per heavy atom. The van der Waals surface area contributed by atoms with Crippen molar-refractivity contribution in [2.45, 2.75) is 270 Å². The lowest BCUT2D eigenvalue weighted by atomic mass is 10.0. The predicted octanol–water partition coefficient (Wildman–Crippen LogP) is 14.0. The van der Waals surface area contributed by atoms with Crippen molar-refractivity contribution in [2.24, 2.45) is 0 Å². The van der Waals surface area contributed by atoms with Crippen LogP contribution >= 0.6 is 0 Å². The second-order valence-corrected chi connectivity index (χ2v) is 16.5. The fourth-order valence-electron chi connectivity index (χ4n) is 7.37. The van der Waals surface area contributed by atoms with Crippen LogP contribution in [-0.4, -0.2) is 46.9 Å². The zero-order valence-corrected chi connectivity index (χ0v) is 36.8. The maximum absolute atomic E-state index is 13.1. The van der Waals surface area contributed by atoms with Crippen LogP contribution < -0.4 is 5.32 Å². The molecule has 324 valence electrons. The van der Waals surface area contributed by atoms with Crippen LogP contribution in [0.2, 0.25) is 0 Å². The average molecular weight is 776 g/mol. The Labute approximate surface area is 341 Å². The highest BCUT2D eigenvalue weighted by atomic mass is 16.5. The highest BCUT2D eigenvalue weighted by Gasteiger charge is 2.24. The molecule has 1 amide bonds. The van der Waals surface area contributed by atoms with Gasteiger partial charge in [-0.25, -0.2) is 0 Å². The van der Waals surface area contributed by atoms with Crippen molar-refractivity contribution >= 4 is 11.9 Å². The van der Waals surface area contributed by atoms with Gasteiger partial charge in [-0.05, 0) is 44.9 Å². The molecule has 0 heterocycles. The summed E-state index contributed by atoms with van der Waals surface area (Å²) < 4.78 is 5.88. The molecule has 0 rings (SSSR count). The zero-order valence-electron chi connectivity index (χ0n) is 36.8. The molecule has 0 saturated heterocycles. The van der Waals surface area contributed by atoms with Crippen LogP contribution in [0.5, 0.6) is 0 Å². The van der Waals surface area contributed by atoms with E-state index in [2.05, 4.69) is 44.3 Å². The van der Waals surface area contributed by atoms with Crippen LogP contribution in [-0.2, 0) is 14.3 Å². The van der Waals surface area contributed by atoms with Crippen molar-refractivity contribution in [3.8, 4) is 0 Å². The third-order valence-electron chi connectivity index (χ3n) is 11.0. The van der Waals surface area contributed by atoms with Crippen LogP contribution in [0.3, 0.4) is 0 Å². The number of hydrogen-bond acceptors (Lipinski definition) is 5. The Morgan fingerprint density at radius 3 is 1.38 bits per heavy atom. The molecule has 0 saturated carbocycles. The lowest BCUT2D eigenvalue weighted by molar-refractivity contribution is -0.150. The van der Waals surface area contributed by atoms with E-state index < -0.39 is 18.2 Å². The maximum atomic E-state index is 13.1. The number of esters is 1. The van der Waals surface area contributed by atoms with Gasteiger partial charge in [0, 0.05) is 6.42 Å². The first-order chi connectivity index (χ1) is 27.0. The summed E-state index contributed by atoms with van der Waals surface area (Å²) in [5, 5.41) is 23.6. The first-order valence-electron chi connectivity index (χ1n) is 24.1. The van der Waals surface area contributed by atoms with E-state index in [1.54, 1.807) is 0 Å². The number of carbonyl (C=O) groups excluding carboxylic acids is 2. The molecule has 0 spiro atoms. The van der Waals surface area contributed by atoms with E-state index in [9.17, 15) is 19.8 Å². The smallest absolute Gasteiger partial charge is 0.306 e. The van der Waals surface area contributed by atoms with Gasteiger partial charge >= 0.3 is 5.97 Å². The lowest BCUT2D eigenvalue weighted by Crippen LogP contribution is -2.46. The van der Waals surface area contributed by atoms with Crippen molar-refractivity contribution in [3.05, 3.63) is 24.3 Å². The molecule has 0 radical (unpaired) electrons. The Balaban J connectivity index is 4.63. The van der Waals surface area contributed by atoms with Gasteiger partial charge < -0.3 is 20.3 Å². The van der Waals surface area contributed by atoms with E-state index in [4.69, 9.17) is 4.74 Å².